The lowest BCUT2D eigenvalue weighted by Gasteiger charge is -2.06. The lowest BCUT2D eigenvalue weighted by Crippen LogP contribution is -2.34. The minimum atomic E-state index is -0.794. The van der Waals surface area contributed by atoms with Crippen molar-refractivity contribution in [2.45, 2.75) is 6.54 Å². The summed E-state index contributed by atoms with van der Waals surface area (Å²) >= 11 is 5.82. The van der Waals surface area contributed by atoms with Gasteiger partial charge in [0.15, 0.2) is 0 Å². The molecule has 0 aliphatic rings. The summed E-state index contributed by atoms with van der Waals surface area (Å²) in [5.41, 5.74) is 6.33. The second-order valence-corrected chi connectivity index (χ2v) is 4.36. The fourth-order valence-electron chi connectivity index (χ4n) is 1.45. The highest BCUT2D eigenvalue weighted by Gasteiger charge is 2.14. The summed E-state index contributed by atoms with van der Waals surface area (Å²) < 4.78 is 5.03. The standard InChI is InChI=1S/C13H12ClN3O3/c14-10-6-8(3-4-11(10)15)17-13(19)12(18)16-7-9-2-1-5-20-9/h1-6H,7,15H2,(H,16,18)(H,17,19). The smallest absolute Gasteiger partial charge is 0.313 e. The summed E-state index contributed by atoms with van der Waals surface area (Å²) in [7, 11) is 0. The van der Waals surface area contributed by atoms with Crippen molar-refractivity contribution in [3.8, 4) is 0 Å². The number of carbonyl (C=O) groups is 2. The molecule has 2 amide bonds. The van der Waals surface area contributed by atoms with E-state index in [9.17, 15) is 9.59 Å². The van der Waals surface area contributed by atoms with Crippen LogP contribution in [0.2, 0.25) is 5.02 Å². The highest BCUT2D eigenvalue weighted by atomic mass is 35.5. The summed E-state index contributed by atoms with van der Waals surface area (Å²) in [5.74, 6) is -1.01. The number of benzene rings is 1. The van der Waals surface area contributed by atoms with E-state index in [1.54, 1.807) is 24.3 Å². The average Bonchev–Trinajstić information content (AvgIpc) is 2.93. The van der Waals surface area contributed by atoms with Gasteiger partial charge >= 0.3 is 11.8 Å². The molecule has 0 atom stereocenters. The zero-order valence-electron chi connectivity index (χ0n) is 10.4. The van der Waals surface area contributed by atoms with Gasteiger partial charge in [-0.05, 0) is 30.3 Å². The van der Waals surface area contributed by atoms with Crippen molar-refractivity contribution in [2.24, 2.45) is 0 Å². The zero-order chi connectivity index (χ0) is 14.5. The topological polar surface area (TPSA) is 97.4 Å². The molecule has 0 aliphatic heterocycles. The van der Waals surface area contributed by atoms with Crippen LogP contribution in [0.1, 0.15) is 5.76 Å². The van der Waals surface area contributed by atoms with Crippen LogP contribution in [0.4, 0.5) is 11.4 Å². The van der Waals surface area contributed by atoms with Crippen LogP contribution in [0, 0.1) is 0 Å². The van der Waals surface area contributed by atoms with Crippen molar-refractivity contribution in [1.82, 2.24) is 5.32 Å². The predicted molar refractivity (Wildman–Crippen MR) is 75.0 cm³/mol. The second-order valence-electron chi connectivity index (χ2n) is 3.95. The van der Waals surface area contributed by atoms with Gasteiger partial charge in [-0.1, -0.05) is 11.6 Å². The van der Waals surface area contributed by atoms with E-state index in [4.69, 9.17) is 21.8 Å². The number of carbonyl (C=O) groups excluding carboxylic acids is 2. The van der Waals surface area contributed by atoms with Crippen molar-refractivity contribution in [1.29, 1.82) is 0 Å². The SMILES string of the molecule is Nc1ccc(NC(=O)C(=O)NCc2ccco2)cc1Cl. The number of nitrogens with two attached hydrogens (primary N) is 1. The monoisotopic (exact) mass is 293 g/mol. The van der Waals surface area contributed by atoms with Gasteiger partial charge in [0, 0.05) is 5.69 Å². The third-order valence-electron chi connectivity index (χ3n) is 2.47. The Bertz CT molecular complexity index is 626. The molecule has 4 N–H and O–H groups in total. The van der Waals surface area contributed by atoms with E-state index in [0.717, 1.165) is 0 Å². The minimum absolute atomic E-state index is 0.141. The molecule has 0 spiro atoms. The van der Waals surface area contributed by atoms with Gasteiger partial charge in [-0.2, -0.15) is 0 Å². The van der Waals surface area contributed by atoms with Crippen LogP contribution in [-0.2, 0) is 16.1 Å². The molecule has 0 unspecified atom stereocenters. The molecule has 7 heteroatoms. The number of furan rings is 1. The molecular formula is C13H12ClN3O3. The van der Waals surface area contributed by atoms with E-state index in [0.29, 0.717) is 22.2 Å². The Kier molecular flexibility index (Phi) is 4.27. The Morgan fingerprint density at radius 2 is 2.05 bits per heavy atom. The van der Waals surface area contributed by atoms with E-state index in [1.807, 2.05) is 0 Å². The molecule has 1 aromatic carbocycles. The second kappa shape index (κ2) is 6.12. The average molecular weight is 294 g/mol. The maximum absolute atomic E-state index is 11.6. The normalized spacial score (nSPS) is 10.1. The van der Waals surface area contributed by atoms with E-state index < -0.39 is 11.8 Å². The van der Waals surface area contributed by atoms with Crippen LogP contribution in [0.3, 0.4) is 0 Å². The van der Waals surface area contributed by atoms with E-state index in [-0.39, 0.29) is 6.54 Å². The van der Waals surface area contributed by atoms with E-state index in [2.05, 4.69) is 10.6 Å². The highest BCUT2D eigenvalue weighted by molar-refractivity contribution is 6.40. The van der Waals surface area contributed by atoms with Crippen LogP contribution in [-0.4, -0.2) is 11.8 Å². The summed E-state index contributed by atoms with van der Waals surface area (Å²) in [5, 5.41) is 5.15. The first-order chi connectivity index (χ1) is 9.56. The number of nitrogens with one attached hydrogen (secondary N) is 2. The van der Waals surface area contributed by atoms with Crippen molar-refractivity contribution >= 4 is 34.8 Å². The van der Waals surface area contributed by atoms with Gasteiger partial charge in [0.2, 0.25) is 0 Å². The number of rotatable bonds is 3. The first kappa shape index (κ1) is 14.0. The van der Waals surface area contributed by atoms with Crippen molar-refractivity contribution in [2.75, 3.05) is 11.1 Å². The van der Waals surface area contributed by atoms with Crippen molar-refractivity contribution in [3.05, 3.63) is 47.4 Å². The molecular weight excluding hydrogens is 282 g/mol. The fourth-order valence-corrected chi connectivity index (χ4v) is 1.63. The summed E-state index contributed by atoms with van der Waals surface area (Å²) in [6.45, 7) is 0.141. The first-order valence-corrected chi connectivity index (χ1v) is 6.10. The van der Waals surface area contributed by atoms with Crippen molar-refractivity contribution in [3.63, 3.8) is 0 Å². The minimum Gasteiger partial charge on any atom is -0.467 e. The lowest BCUT2D eigenvalue weighted by molar-refractivity contribution is -0.136. The summed E-state index contributed by atoms with van der Waals surface area (Å²) in [4.78, 5) is 23.2. The molecule has 104 valence electrons. The van der Waals surface area contributed by atoms with E-state index >= 15 is 0 Å². The molecule has 0 aliphatic carbocycles. The number of anilines is 2. The van der Waals surface area contributed by atoms with Crippen LogP contribution >= 0.6 is 11.6 Å². The Morgan fingerprint density at radius 3 is 2.70 bits per heavy atom. The van der Waals surface area contributed by atoms with Crippen LogP contribution in [0.5, 0.6) is 0 Å². The molecule has 20 heavy (non-hydrogen) atoms. The molecule has 0 saturated heterocycles. The summed E-state index contributed by atoms with van der Waals surface area (Å²) in [6.07, 6.45) is 1.48. The maximum Gasteiger partial charge on any atom is 0.313 e. The van der Waals surface area contributed by atoms with Crippen LogP contribution in [0.25, 0.3) is 0 Å². The predicted octanol–water partition coefficient (Wildman–Crippen LogP) is 1.77. The molecule has 2 aromatic rings. The molecule has 1 heterocycles. The Hall–Kier alpha value is -2.47. The molecule has 0 fully saturated rings. The molecule has 0 saturated carbocycles. The molecule has 0 radical (unpaired) electrons. The summed E-state index contributed by atoms with van der Waals surface area (Å²) in [6, 6.07) is 7.95. The highest BCUT2D eigenvalue weighted by Crippen LogP contribution is 2.22. The quantitative estimate of drug-likeness (QED) is 0.593. The van der Waals surface area contributed by atoms with Gasteiger partial charge in [-0.25, -0.2) is 0 Å². The number of halogens is 1. The number of hydrogen-bond acceptors (Lipinski definition) is 4. The number of nitrogen functional groups attached to an aromatic ring is 1. The zero-order valence-corrected chi connectivity index (χ0v) is 11.1. The van der Waals surface area contributed by atoms with Gasteiger partial charge in [0.05, 0.1) is 23.5 Å². The lowest BCUT2D eigenvalue weighted by atomic mass is 10.3. The third kappa shape index (κ3) is 3.52. The van der Waals surface area contributed by atoms with Crippen LogP contribution in [0.15, 0.2) is 41.0 Å². The maximum atomic E-state index is 11.6. The molecule has 2 rings (SSSR count). The fraction of sp³-hybridized carbons (Fsp3) is 0.0769. The van der Waals surface area contributed by atoms with Crippen LogP contribution < -0.4 is 16.4 Å². The largest absolute Gasteiger partial charge is 0.467 e. The van der Waals surface area contributed by atoms with Gasteiger partial charge in [0.1, 0.15) is 5.76 Å². The first-order valence-electron chi connectivity index (χ1n) is 5.73. The number of hydrogen-bond donors (Lipinski definition) is 3. The number of amides is 2. The molecule has 0 bridgehead atoms. The molecule has 1 aromatic heterocycles. The van der Waals surface area contributed by atoms with Gasteiger partial charge < -0.3 is 20.8 Å². The van der Waals surface area contributed by atoms with Gasteiger partial charge in [-0.15, -0.1) is 0 Å². The Morgan fingerprint density at radius 1 is 1.25 bits per heavy atom. The van der Waals surface area contributed by atoms with Gasteiger partial charge in [-0.3, -0.25) is 9.59 Å². The van der Waals surface area contributed by atoms with E-state index in [1.165, 1.54) is 12.3 Å². The van der Waals surface area contributed by atoms with Gasteiger partial charge in [0.25, 0.3) is 0 Å². The molecule has 6 nitrogen and oxygen atoms in total. The van der Waals surface area contributed by atoms with Crippen molar-refractivity contribution < 1.29 is 14.0 Å². The third-order valence-corrected chi connectivity index (χ3v) is 2.80. The Balaban J connectivity index is 1.90. The Labute approximate surface area is 119 Å².